The minimum absolute atomic E-state index is 0.394. The molecule has 1 amide bonds. The summed E-state index contributed by atoms with van der Waals surface area (Å²) in [7, 11) is 1.62. The molecule has 0 aliphatic heterocycles. The maximum atomic E-state index is 11.9. The molecule has 0 aliphatic rings. The number of pyridine rings is 2. The van der Waals surface area contributed by atoms with Crippen molar-refractivity contribution in [3.63, 3.8) is 0 Å². The van der Waals surface area contributed by atoms with E-state index >= 15 is 0 Å². The molecule has 0 saturated carbocycles. The lowest BCUT2D eigenvalue weighted by atomic mass is 9.99. The van der Waals surface area contributed by atoms with Crippen LogP contribution in [0, 0.1) is 6.92 Å². The maximum Gasteiger partial charge on any atom is 0.251 e. The van der Waals surface area contributed by atoms with E-state index in [0.29, 0.717) is 22.5 Å². The third kappa shape index (κ3) is 2.96. The molecule has 3 aromatic rings. The summed E-state index contributed by atoms with van der Waals surface area (Å²) in [4.78, 5) is 20.8. The van der Waals surface area contributed by atoms with Crippen molar-refractivity contribution in [3.05, 3.63) is 66.0 Å². The van der Waals surface area contributed by atoms with E-state index in [-0.39, 0.29) is 0 Å². The Kier molecular flexibility index (Phi) is 4.24. The van der Waals surface area contributed by atoms with E-state index in [4.69, 9.17) is 10.5 Å². The van der Waals surface area contributed by atoms with Gasteiger partial charge < -0.3 is 10.5 Å². The minimum atomic E-state index is -0.512. The summed E-state index contributed by atoms with van der Waals surface area (Å²) < 4.78 is 5.18. The number of nitrogens with zero attached hydrogens (tertiary/aromatic N) is 2. The summed E-state index contributed by atoms with van der Waals surface area (Å²) in [5.74, 6) is 0.260. The Labute approximate surface area is 140 Å². The Bertz CT molecular complexity index is 875. The van der Waals surface area contributed by atoms with E-state index in [2.05, 4.69) is 9.97 Å². The van der Waals surface area contributed by atoms with Gasteiger partial charge in [0.15, 0.2) is 0 Å². The monoisotopic (exact) mass is 319 g/mol. The largest absolute Gasteiger partial charge is 0.497 e. The molecule has 0 spiro atoms. The number of methoxy groups -OCH3 is 1. The minimum Gasteiger partial charge on any atom is -0.497 e. The number of nitrogens with two attached hydrogens (primary N) is 1. The molecule has 5 heteroatoms. The van der Waals surface area contributed by atoms with Crippen molar-refractivity contribution in [2.75, 3.05) is 7.11 Å². The van der Waals surface area contributed by atoms with Gasteiger partial charge in [-0.25, -0.2) is 0 Å². The van der Waals surface area contributed by atoms with Crippen molar-refractivity contribution in [3.8, 4) is 28.3 Å². The molecule has 0 fully saturated rings. The summed E-state index contributed by atoms with van der Waals surface area (Å²) in [6.45, 7) is 1.78. The Hall–Kier alpha value is -3.21. The summed E-state index contributed by atoms with van der Waals surface area (Å²) in [6, 6.07) is 15.0. The Balaban J connectivity index is 2.19. The first-order chi connectivity index (χ1) is 11.6. The van der Waals surface area contributed by atoms with Crippen molar-refractivity contribution in [2.24, 2.45) is 5.73 Å². The number of primary amides is 1. The van der Waals surface area contributed by atoms with Gasteiger partial charge >= 0.3 is 0 Å². The highest BCUT2D eigenvalue weighted by Gasteiger charge is 2.17. The van der Waals surface area contributed by atoms with Crippen LogP contribution in [0.2, 0.25) is 0 Å². The lowest BCUT2D eigenvalue weighted by Crippen LogP contribution is -2.15. The molecular weight excluding hydrogens is 302 g/mol. The number of hydrogen-bond acceptors (Lipinski definition) is 4. The van der Waals surface area contributed by atoms with Crippen LogP contribution in [0.1, 0.15) is 16.1 Å². The number of benzene rings is 1. The van der Waals surface area contributed by atoms with Gasteiger partial charge in [-0.3, -0.25) is 14.8 Å². The fraction of sp³-hybridized carbons (Fsp3) is 0.105. The SMILES string of the molecule is COc1ccc(-c2cc(-c3ccccn3)c(C(N)=O)c(C)n2)cc1. The Morgan fingerprint density at radius 3 is 2.42 bits per heavy atom. The molecule has 0 bridgehead atoms. The van der Waals surface area contributed by atoms with Crippen LogP contribution in [-0.4, -0.2) is 23.0 Å². The van der Waals surface area contributed by atoms with Crippen LogP contribution < -0.4 is 10.5 Å². The first kappa shape index (κ1) is 15.7. The van der Waals surface area contributed by atoms with E-state index in [0.717, 1.165) is 17.0 Å². The summed E-state index contributed by atoms with van der Waals surface area (Å²) in [6.07, 6.45) is 1.68. The van der Waals surface area contributed by atoms with Gasteiger partial charge in [0.05, 0.1) is 29.8 Å². The third-order valence-corrected chi connectivity index (χ3v) is 3.77. The van der Waals surface area contributed by atoms with Crippen LogP contribution in [-0.2, 0) is 0 Å². The first-order valence-electron chi connectivity index (χ1n) is 7.47. The van der Waals surface area contributed by atoms with Gasteiger partial charge in [-0.05, 0) is 49.4 Å². The zero-order chi connectivity index (χ0) is 17.1. The number of rotatable bonds is 4. The second-order valence-electron chi connectivity index (χ2n) is 5.32. The lowest BCUT2D eigenvalue weighted by Gasteiger charge is -2.12. The fourth-order valence-corrected chi connectivity index (χ4v) is 2.62. The van der Waals surface area contributed by atoms with Gasteiger partial charge in [-0.1, -0.05) is 6.07 Å². The molecular formula is C19H17N3O2. The number of amides is 1. The summed E-state index contributed by atoms with van der Waals surface area (Å²) >= 11 is 0. The zero-order valence-electron chi connectivity index (χ0n) is 13.5. The number of hydrogen-bond donors (Lipinski definition) is 1. The average Bonchev–Trinajstić information content (AvgIpc) is 2.61. The number of carbonyl (C=O) groups is 1. The van der Waals surface area contributed by atoms with Crippen molar-refractivity contribution >= 4 is 5.91 Å². The summed E-state index contributed by atoms with van der Waals surface area (Å²) in [5, 5.41) is 0. The van der Waals surface area contributed by atoms with E-state index in [1.54, 1.807) is 20.2 Å². The van der Waals surface area contributed by atoms with Gasteiger partial charge in [0, 0.05) is 17.3 Å². The van der Waals surface area contributed by atoms with E-state index in [1.807, 2.05) is 48.5 Å². The number of carbonyl (C=O) groups excluding carboxylic acids is 1. The van der Waals surface area contributed by atoms with Crippen LogP contribution >= 0.6 is 0 Å². The number of aromatic nitrogens is 2. The third-order valence-electron chi connectivity index (χ3n) is 3.77. The summed E-state index contributed by atoms with van der Waals surface area (Å²) in [5.41, 5.74) is 9.57. The van der Waals surface area contributed by atoms with Crippen LogP contribution in [0.25, 0.3) is 22.5 Å². The van der Waals surface area contributed by atoms with Crippen LogP contribution in [0.5, 0.6) is 5.75 Å². The highest BCUT2D eigenvalue weighted by Crippen LogP contribution is 2.29. The lowest BCUT2D eigenvalue weighted by molar-refractivity contribution is 0.1000. The number of aryl methyl sites for hydroxylation is 1. The molecule has 2 aromatic heterocycles. The second-order valence-corrected chi connectivity index (χ2v) is 5.32. The van der Waals surface area contributed by atoms with Crippen molar-refractivity contribution in [2.45, 2.75) is 6.92 Å². The van der Waals surface area contributed by atoms with Gasteiger partial charge in [0.1, 0.15) is 5.75 Å². The molecule has 0 radical (unpaired) electrons. The van der Waals surface area contributed by atoms with Gasteiger partial charge in [0.2, 0.25) is 0 Å². The second kappa shape index (κ2) is 6.50. The Morgan fingerprint density at radius 1 is 1.08 bits per heavy atom. The standard InChI is InChI=1S/C19H17N3O2/c1-12-18(19(20)23)15(16-5-3-4-10-21-16)11-17(22-12)13-6-8-14(24-2)9-7-13/h3-11H,1-2H3,(H2,20,23). The smallest absolute Gasteiger partial charge is 0.251 e. The highest BCUT2D eigenvalue weighted by molar-refractivity contribution is 6.01. The zero-order valence-corrected chi connectivity index (χ0v) is 13.5. The molecule has 0 atom stereocenters. The van der Waals surface area contributed by atoms with Gasteiger partial charge in [-0.2, -0.15) is 0 Å². The quantitative estimate of drug-likeness (QED) is 0.801. The maximum absolute atomic E-state index is 11.9. The normalized spacial score (nSPS) is 10.4. The van der Waals surface area contributed by atoms with Gasteiger partial charge in [-0.15, -0.1) is 0 Å². The number of ether oxygens (including phenoxy) is 1. The molecule has 3 rings (SSSR count). The predicted octanol–water partition coefficient (Wildman–Crippen LogP) is 3.23. The molecule has 120 valence electrons. The fourth-order valence-electron chi connectivity index (χ4n) is 2.62. The molecule has 0 aliphatic carbocycles. The van der Waals surface area contributed by atoms with Gasteiger partial charge in [0.25, 0.3) is 5.91 Å². The predicted molar refractivity (Wildman–Crippen MR) is 92.7 cm³/mol. The molecule has 2 N–H and O–H groups in total. The molecule has 1 aromatic carbocycles. The average molecular weight is 319 g/mol. The topological polar surface area (TPSA) is 78.1 Å². The van der Waals surface area contributed by atoms with E-state index in [1.165, 1.54) is 0 Å². The first-order valence-corrected chi connectivity index (χ1v) is 7.47. The van der Waals surface area contributed by atoms with Crippen molar-refractivity contribution in [1.82, 2.24) is 9.97 Å². The highest BCUT2D eigenvalue weighted by atomic mass is 16.5. The van der Waals surface area contributed by atoms with E-state index < -0.39 is 5.91 Å². The molecule has 2 heterocycles. The molecule has 24 heavy (non-hydrogen) atoms. The van der Waals surface area contributed by atoms with Crippen LogP contribution in [0.4, 0.5) is 0 Å². The Morgan fingerprint density at radius 2 is 1.83 bits per heavy atom. The van der Waals surface area contributed by atoms with E-state index in [9.17, 15) is 4.79 Å². The molecule has 0 unspecified atom stereocenters. The van der Waals surface area contributed by atoms with Crippen LogP contribution in [0.15, 0.2) is 54.7 Å². The van der Waals surface area contributed by atoms with Crippen molar-refractivity contribution in [1.29, 1.82) is 0 Å². The van der Waals surface area contributed by atoms with Crippen molar-refractivity contribution < 1.29 is 9.53 Å². The molecule has 5 nitrogen and oxygen atoms in total. The molecule has 0 saturated heterocycles. The van der Waals surface area contributed by atoms with Crippen LogP contribution in [0.3, 0.4) is 0 Å².